The molecule has 0 unspecified atom stereocenters. The standard InChI is InChI=1S/C15H15NO2S.CH4O/c1-15(2,10-17)19-14-7-8-16-9-13(14)11-3-5-12(18)6-4-11;1-2/h3-10,18H,1-2H3;2H,1H3. The van der Waals surface area contributed by atoms with Crippen molar-refractivity contribution < 1.29 is 15.0 Å². The Morgan fingerprint density at radius 2 is 1.76 bits per heavy atom. The van der Waals surface area contributed by atoms with E-state index >= 15 is 0 Å². The summed E-state index contributed by atoms with van der Waals surface area (Å²) in [6, 6.07) is 8.86. The zero-order valence-corrected chi connectivity index (χ0v) is 13.1. The zero-order valence-electron chi connectivity index (χ0n) is 12.3. The number of carbonyl (C=O) groups excluding carboxylic acids is 1. The van der Waals surface area contributed by atoms with Gasteiger partial charge in [-0.05, 0) is 37.6 Å². The van der Waals surface area contributed by atoms with Crippen LogP contribution in [0.25, 0.3) is 11.1 Å². The molecular weight excluding hydrogens is 286 g/mol. The second kappa shape index (κ2) is 7.81. The molecule has 0 amide bonds. The summed E-state index contributed by atoms with van der Waals surface area (Å²) in [5.74, 6) is 0.232. The van der Waals surface area contributed by atoms with Crippen LogP contribution in [0.15, 0.2) is 47.6 Å². The van der Waals surface area contributed by atoms with Crippen LogP contribution in [-0.2, 0) is 4.79 Å². The minimum absolute atomic E-state index is 0.232. The van der Waals surface area contributed by atoms with E-state index in [4.69, 9.17) is 5.11 Å². The van der Waals surface area contributed by atoms with Gasteiger partial charge in [0, 0.05) is 30.0 Å². The first-order valence-electron chi connectivity index (χ1n) is 6.35. The highest BCUT2D eigenvalue weighted by molar-refractivity contribution is 8.01. The van der Waals surface area contributed by atoms with Crippen LogP contribution in [-0.4, -0.2) is 33.3 Å². The molecule has 1 aromatic carbocycles. The summed E-state index contributed by atoms with van der Waals surface area (Å²) in [6.07, 6.45) is 4.43. The Morgan fingerprint density at radius 3 is 2.33 bits per heavy atom. The highest BCUT2D eigenvalue weighted by Crippen LogP contribution is 2.37. The summed E-state index contributed by atoms with van der Waals surface area (Å²) in [5, 5.41) is 16.3. The molecule has 2 aromatic rings. The number of aliphatic hydroxyl groups excluding tert-OH is 1. The molecule has 0 aliphatic carbocycles. The van der Waals surface area contributed by atoms with Crippen LogP contribution in [0.1, 0.15) is 13.8 Å². The Balaban J connectivity index is 0.00000106. The van der Waals surface area contributed by atoms with Gasteiger partial charge in [0.2, 0.25) is 0 Å². The molecule has 0 bridgehead atoms. The third-order valence-corrected chi connectivity index (χ3v) is 3.81. The smallest absolute Gasteiger partial charge is 0.135 e. The summed E-state index contributed by atoms with van der Waals surface area (Å²) in [4.78, 5) is 16.2. The van der Waals surface area contributed by atoms with Crippen LogP contribution in [0.2, 0.25) is 0 Å². The SMILES string of the molecule is CC(C)(C=O)Sc1ccncc1-c1ccc(O)cc1.CO. The van der Waals surface area contributed by atoms with Crippen LogP contribution in [0.3, 0.4) is 0 Å². The van der Waals surface area contributed by atoms with Gasteiger partial charge >= 0.3 is 0 Å². The normalized spacial score (nSPS) is 10.5. The zero-order chi connectivity index (χ0) is 15.9. The number of benzene rings is 1. The number of carbonyl (C=O) groups is 1. The predicted octanol–water partition coefficient (Wildman–Crippen LogP) is 3.13. The van der Waals surface area contributed by atoms with Crippen LogP contribution in [0.4, 0.5) is 0 Å². The van der Waals surface area contributed by atoms with Crippen molar-refractivity contribution in [3.8, 4) is 16.9 Å². The van der Waals surface area contributed by atoms with E-state index in [2.05, 4.69) is 4.98 Å². The molecule has 1 aromatic heterocycles. The van der Waals surface area contributed by atoms with Gasteiger partial charge < -0.3 is 15.0 Å². The van der Waals surface area contributed by atoms with E-state index < -0.39 is 4.75 Å². The van der Waals surface area contributed by atoms with Crippen molar-refractivity contribution in [3.63, 3.8) is 0 Å². The second-order valence-electron chi connectivity index (χ2n) is 4.74. The minimum Gasteiger partial charge on any atom is -0.508 e. The molecule has 2 N–H and O–H groups in total. The number of rotatable bonds is 4. The molecule has 0 aliphatic heterocycles. The van der Waals surface area contributed by atoms with Gasteiger partial charge in [-0.15, -0.1) is 11.8 Å². The van der Waals surface area contributed by atoms with E-state index in [1.54, 1.807) is 24.5 Å². The average molecular weight is 305 g/mol. The molecule has 0 saturated heterocycles. The quantitative estimate of drug-likeness (QED) is 0.671. The molecule has 1 heterocycles. The van der Waals surface area contributed by atoms with Crippen LogP contribution >= 0.6 is 11.8 Å². The summed E-state index contributed by atoms with van der Waals surface area (Å²) in [5.41, 5.74) is 1.93. The lowest BCUT2D eigenvalue weighted by Gasteiger charge is -2.18. The Morgan fingerprint density at radius 1 is 1.14 bits per heavy atom. The summed E-state index contributed by atoms with van der Waals surface area (Å²) in [6.45, 7) is 3.76. The van der Waals surface area contributed by atoms with Gasteiger partial charge in [-0.25, -0.2) is 0 Å². The largest absolute Gasteiger partial charge is 0.508 e. The van der Waals surface area contributed by atoms with Crippen molar-refractivity contribution in [2.75, 3.05) is 7.11 Å². The highest BCUT2D eigenvalue weighted by Gasteiger charge is 2.20. The van der Waals surface area contributed by atoms with E-state index in [9.17, 15) is 9.90 Å². The van der Waals surface area contributed by atoms with E-state index in [0.717, 1.165) is 29.4 Å². The molecule has 112 valence electrons. The van der Waals surface area contributed by atoms with E-state index in [1.165, 1.54) is 11.8 Å². The van der Waals surface area contributed by atoms with Crippen molar-refractivity contribution in [2.24, 2.45) is 0 Å². The minimum atomic E-state index is -0.479. The molecule has 0 radical (unpaired) electrons. The molecule has 5 heteroatoms. The van der Waals surface area contributed by atoms with Gasteiger partial charge in [-0.3, -0.25) is 4.98 Å². The first-order valence-corrected chi connectivity index (χ1v) is 7.17. The number of pyridine rings is 1. The molecular formula is C16H19NO3S. The van der Waals surface area contributed by atoms with Crippen molar-refractivity contribution in [1.82, 2.24) is 4.98 Å². The first kappa shape index (κ1) is 17.2. The maximum atomic E-state index is 11.1. The highest BCUT2D eigenvalue weighted by atomic mass is 32.2. The second-order valence-corrected chi connectivity index (χ2v) is 6.44. The van der Waals surface area contributed by atoms with Crippen LogP contribution < -0.4 is 0 Å². The fourth-order valence-electron chi connectivity index (χ4n) is 1.64. The summed E-state index contributed by atoms with van der Waals surface area (Å²) in [7, 11) is 1.00. The number of phenols is 1. The van der Waals surface area contributed by atoms with Gasteiger partial charge in [0.15, 0.2) is 0 Å². The number of aromatic hydroxyl groups is 1. The third-order valence-electron chi connectivity index (χ3n) is 2.62. The Bertz CT molecular complexity index is 582. The Hall–Kier alpha value is -1.85. The monoisotopic (exact) mass is 305 g/mol. The number of nitrogens with zero attached hydrogens (tertiary/aromatic N) is 1. The molecule has 0 aliphatic rings. The lowest BCUT2D eigenvalue weighted by molar-refractivity contribution is -0.109. The predicted molar refractivity (Wildman–Crippen MR) is 85.5 cm³/mol. The van der Waals surface area contributed by atoms with Gasteiger partial charge in [0.05, 0.1) is 4.75 Å². The van der Waals surface area contributed by atoms with Gasteiger partial charge in [0.25, 0.3) is 0 Å². The van der Waals surface area contributed by atoms with E-state index in [1.807, 2.05) is 32.0 Å². The molecule has 4 nitrogen and oxygen atoms in total. The van der Waals surface area contributed by atoms with Crippen molar-refractivity contribution in [3.05, 3.63) is 42.7 Å². The molecule has 0 atom stereocenters. The summed E-state index contributed by atoms with van der Waals surface area (Å²) < 4.78 is -0.479. The van der Waals surface area contributed by atoms with Crippen molar-refractivity contribution in [1.29, 1.82) is 0 Å². The molecule has 0 saturated carbocycles. The van der Waals surface area contributed by atoms with Crippen molar-refractivity contribution in [2.45, 2.75) is 23.5 Å². The van der Waals surface area contributed by atoms with Crippen LogP contribution in [0.5, 0.6) is 5.75 Å². The summed E-state index contributed by atoms with van der Waals surface area (Å²) >= 11 is 1.50. The Kier molecular flexibility index (Phi) is 6.39. The first-order chi connectivity index (χ1) is 10.0. The molecule has 0 fully saturated rings. The third kappa shape index (κ3) is 4.88. The fourth-order valence-corrected chi connectivity index (χ4v) is 2.66. The molecule has 2 rings (SSSR count). The fraction of sp³-hybridized carbons (Fsp3) is 0.250. The number of phenolic OH excluding ortho intramolecular Hbond substituents is 1. The number of aromatic nitrogens is 1. The average Bonchev–Trinajstić information content (AvgIpc) is 2.50. The number of thioether (sulfide) groups is 1. The number of aldehydes is 1. The van der Waals surface area contributed by atoms with Gasteiger partial charge in [-0.2, -0.15) is 0 Å². The molecule has 21 heavy (non-hydrogen) atoms. The maximum absolute atomic E-state index is 11.1. The lowest BCUT2D eigenvalue weighted by Crippen LogP contribution is -2.15. The van der Waals surface area contributed by atoms with Crippen molar-refractivity contribution >= 4 is 18.0 Å². The van der Waals surface area contributed by atoms with Gasteiger partial charge in [-0.1, -0.05) is 12.1 Å². The lowest BCUT2D eigenvalue weighted by atomic mass is 10.1. The van der Waals surface area contributed by atoms with E-state index in [-0.39, 0.29) is 5.75 Å². The molecule has 0 spiro atoms. The maximum Gasteiger partial charge on any atom is 0.135 e. The topological polar surface area (TPSA) is 70.4 Å². The number of aliphatic hydroxyl groups is 1. The Labute approximate surface area is 128 Å². The van der Waals surface area contributed by atoms with Crippen LogP contribution in [0, 0.1) is 0 Å². The number of hydrogen-bond acceptors (Lipinski definition) is 5. The number of hydrogen-bond donors (Lipinski definition) is 2. The van der Waals surface area contributed by atoms with E-state index in [0.29, 0.717) is 0 Å². The van der Waals surface area contributed by atoms with Gasteiger partial charge in [0.1, 0.15) is 12.0 Å².